The number of carbonyl (C=O) groups excluding carboxylic acids is 2. The topological polar surface area (TPSA) is 89.9 Å². The summed E-state index contributed by atoms with van der Waals surface area (Å²) in [6, 6.07) is 17.6. The Morgan fingerprint density at radius 1 is 0.971 bits per heavy atom. The van der Waals surface area contributed by atoms with Crippen molar-refractivity contribution in [2.75, 3.05) is 19.5 Å². The van der Waals surface area contributed by atoms with Crippen molar-refractivity contribution in [3.05, 3.63) is 77.6 Å². The van der Waals surface area contributed by atoms with Crippen LogP contribution in [0.1, 0.15) is 25.3 Å². The van der Waals surface area contributed by atoms with Crippen LogP contribution in [0.3, 0.4) is 0 Å². The summed E-state index contributed by atoms with van der Waals surface area (Å²) in [5, 5.41) is 4.08. The molecule has 8 heteroatoms. The van der Waals surface area contributed by atoms with Crippen molar-refractivity contribution < 1.29 is 19.1 Å². The SMILES string of the molecule is COC(=O)C1=C(C)N=C(C)C(C(=O)OC)C1c1ccccc1Nc1ncc(-c2ccccc2)s1. The molecule has 0 saturated heterocycles. The van der Waals surface area contributed by atoms with Crippen molar-refractivity contribution in [2.24, 2.45) is 10.9 Å². The van der Waals surface area contributed by atoms with E-state index in [-0.39, 0.29) is 0 Å². The number of allylic oxidation sites excluding steroid dienone is 1. The van der Waals surface area contributed by atoms with Gasteiger partial charge in [-0.1, -0.05) is 59.9 Å². The average molecular weight is 476 g/mol. The molecule has 1 N–H and O–H groups in total. The second-order valence-corrected chi connectivity index (χ2v) is 8.86. The lowest BCUT2D eigenvalue weighted by atomic mass is 9.75. The van der Waals surface area contributed by atoms with Crippen molar-refractivity contribution >= 4 is 39.8 Å². The molecule has 1 aliphatic rings. The van der Waals surface area contributed by atoms with Gasteiger partial charge in [0.05, 0.1) is 24.7 Å². The van der Waals surface area contributed by atoms with Gasteiger partial charge in [0.1, 0.15) is 5.92 Å². The lowest BCUT2D eigenvalue weighted by Crippen LogP contribution is -2.36. The summed E-state index contributed by atoms with van der Waals surface area (Å²) in [7, 11) is 2.66. The van der Waals surface area contributed by atoms with Gasteiger partial charge in [0, 0.05) is 29.2 Å². The lowest BCUT2D eigenvalue weighted by molar-refractivity contribution is -0.143. The number of carbonyl (C=O) groups is 2. The number of thiazole rings is 1. The molecule has 2 heterocycles. The zero-order chi connectivity index (χ0) is 24.2. The molecule has 1 aromatic heterocycles. The van der Waals surface area contributed by atoms with Crippen LogP contribution in [0.4, 0.5) is 10.8 Å². The van der Waals surface area contributed by atoms with Gasteiger partial charge >= 0.3 is 11.9 Å². The van der Waals surface area contributed by atoms with Crippen LogP contribution in [0.25, 0.3) is 10.4 Å². The standard InChI is InChI=1S/C26H25N3O4S/c1-15-21(24(30)32-3)23(22(16(2)28-15)25(31)33-4)18-12-8-9-13-19(18)29-26-27-14-20(34-26)17-10-6-5-7-11-17/h5-14,21,23H,1-4H3,(H,27,29). The Labute approximate surface area is 202 Å². The van der Waals surface area contributed by atoms with Gasteiger partial charge in [-0.2, -0.15) is 0 Å². The smallest absolute Gasteiger partial charge is 0.336 e. The van der Waals surface area contributed by atoms with Crippen LogP contribution in [-0.4, -0.2) is 36.9 Å². The Balaban J connectivity index is 1.78. The van der Waals surface area contributed by atoms with Crippen LogP contribution in [0.2, 0.25) is 0 Å². The first-order valence-electron chi connectivity index (χ1n) is 10.7. The van der Waals surface area contributed by atoms with E-state index in [9.17, 15) is 9.59 Å². The number of para-hydroxylation sites is 1. The molecule has 2 atom stereocenters. The highest BCUT2D eigenvalue weighted by Gasteiger charge is 2.43. The molecule has 3 aromatic rings. The summed E-state index contributed by atoms with van der Waals surface area (Å²) >= 11 is 1.52. The predicted octanol–water partition coefficient (Wildman–Crippen LogP) is 5.35. The van der Waals surface area contributed by atoms with E-state index < -0.39 is 23.8 Å². The quantitative estimate of drug-likeness (QED) is 0.484. The van der Waals surface area contributed by atoms with Crippen LogP contribution in [0, 0.1) is 5.92 Å². The number of hydrogen-bond donors (Lipinski definition) is 1. The third-order valence-corrected chi connectivity index (χ3v) is 6.75. The van der Waals surface area contributed by atoms with Gasteiger partial charge in [0.2, 0.25) is 0 Å². The third kappa shape index (κ3) is 4.49. The molecule has 7 nitrogen and oxygen atoms in total. The number of hydrogen-bond acceptors (Lipinski definition) is 8. The fourth-order valence-electron chi connectivity index (χ4n) is 4.25. The summed E-state index contributed by atoms with van der Waals surface area (Å²) in [5.74, 6) is -2.38. The molecule has 0 radical (unpaired) electrons. The Hall–Kier alpha value is -3.78. The van der Waals surface area contributed by atoms with E-state index in [1.807, 2.05) is 60.8 Å². The number of anilines is 2. The predicted molar refractivity (Wildman–Crippen MR) is 133 cm³/mol. The molecule has 0 amide bonds. The first-order valence-corrected chi connectivity index (χ1v) is 11.6. The molecular formula is C26H25N3O4S. The van der Waals surface area contributed by atoms with Crippen LogP contribution in [-0.2, 0) is 19.1 Å². The Bertz CT molecular complexity index is 1280. The van der Waals surface area contributed by atoms with Crippen molar-refractivity contribution in [3.8, 4) is 10.4 Å². The summed E-state index contributed by atoms with van der Waals surface area (Å²) in [6.45, 7) is 3.52. The van der Waals surface area contributed by atoms with Crippen LogP contribution >= 0.6 is 11.3 Å². The van der Waals surface area contributed by atoms with E-state index in [1.54, 1.807) is 13.8 Å². The number of rotatable bonds is 6. The Morgan fingerprint density at radius 2 is 1.68 bits per heavy atom. The van der Waals surface area contributed by atoms with Crippen molar-refractivity contribution in [3.63, 3.8) is 0 Å². The third-order valence-electron chi connectivity index (χ3n) is 5.79. The molecule has 4 rings (SSSR count). The number of methoxy groups -OCH3 is 2. The van der Waals surface area contributed by atoms with Crippen LogP contribution in [0.15, 0.2) is 77.1 Å². The van der Waals surface area contributed by atoms with E-state index in [0.717, 1.165) is 21.7 Å². The van der Waals surface area contributed by atoms with Crippen LogP contribution in [0.5, 0.6) is 0 Å². The summed E-state index contributed by atoms with van der Waals surface area (Å²) in [5.41, 5.74) is 4.00. The van der Waals surface area contributed by atoms with Gasteiger partial charge < -0.3 is 14.8 Å². The highest BCUT2D eigenvalue weighted by atomic mass is 32.1. The molecule has 34 heavy (non-hydrogen) atoms. The second-order valence-electron chi connectivity index (χ2n) is 7.83. The number of aliphatic imine (C=N–C) groups is 1. The summed E-state index contributed by atoms with van der Waals surface area (Å²) < 4.78 is 10.2. The lowest BCUT2D eigenvalue weighted by Gasteiger charge is -2.32. The Kier molecular flexibility index (Phi) is 6.88. The first-order chi connectivity index (χ1) is 16.4. The van der Waals surface area contributed by atoms with E-state index in [1.165, 1.54) is 25.6 Å². The minimum Gasteiger partial charge on any atom is -0.468 e. The molecule has 2 unspecified atom stereocenters. The number of nitrogens with zero attached hydrogens (tertiary/aromatic N) is 2. The largest absolute Gasteiger partial charge is 0.468 e. The van der Waals surface area contributed by atoms with E-state index in [4.69, 9.17) is 9.47 Å². The fraction of sp³-hybridized carbons (Fsp3) is 0.231. The minimum atomic E-state index is -0.762. The monoisotopic (exact) mass is 475 g/mol. The normalized spacial score (nSPS) is 17.7. The number of esters is 2. The van der Waals surface area contributed by atoms with E-state index in [0.29, 0.717) is 22.1 Å². The zero-order valence-corrected chi connectivity index (χ0v) is 20.2. The zero-order valence-electron chi connectivity index (χ0n) is 19.4. The maximum absolute atomic E-state index is 12.8. The molecule has 0 spiro atoms. The summed E-state index contributed by atoms with van der Waals surface area (Å²) in [4.78, 5) is 35.7. The van der Waals surface area contributed by atoms with Gasteiger partial charge in [-0.3, -0.25) is 9.79 Å². The minimum absolute atomic E-state index is 0.335. The average Bonchev–Trinajstić information content (AvgIpc) is 3.32. The highest BCUT2D eigenvalue weighted by Crippen LogP contribution is 2.43. The molecule has 0 saturated carbocycles. The van der Waals surface area contributed by atoms with E-state index in [2.05, 4.69) is 15.3 Å². The molecule has 2 aromatic carbocycles. The molecule has 174 valence electrons. The fourth-order valence-corrected chi connectivity index (χ4v) is 5.08. The molecule has 1 aliphatic heterocycles. The van der Waals surface area contributed by atoms with Gasteiger partial charge in [0.25, 0.3) is 0 Å². The van der Waals surface area contributed by atoms with Gasteiger partial charge in [0.15, 0.2) is 5.13 Å². The van der Waals surface area contributed by atoms with Crippen molar-refractivity contribution in [1.29, 1.82) is 0 Å². The van der Waals surface area contributed by atoms with Gasteiger partial charge in [-0.15, -0.1) is 0 Å². The molecule has 0 aliphatic carbocycles. The van der Waals surface area contributed by atoms with Crippen molar-refractivity contribution in [1.82, 2.24) is 4.98 Å². The number of ether oxygens (including phenoxy) is 2. The molecule has 0 fully saturated rings. The number of benzene rings is 2. The molecular weight excluding hydrogens is 450 g/mol. The number of nitrogens with one attached hydrogen (secondary N) is 1. The van der Waals surface area contributed by atoms with Crippen LogP contribution < -0.4 is 5.32 Å². The van der Waals surface area contributed by atoms with Crippen molar-refractivity contribution in [2.45, 2.75) is 19.8 Å². The summed E-state index contributed by atoms with van der Waals surface area (Å²) in [6.07, 6.45) is 1.82. The number of aromatic nitrogens is 1. The van der Waals surface area contributed by atoms with Gasteiger partial charge in [-0.25, -0.2) is 9.78 Å². The Morgan fingerprint density at radius 3 is 2.38 bits per heavy atom. The first kappa shape index (κ1) is 23.4. The second kappa shape index (κ2) is 10.0. The maximum atomic E-state index is 12.8. The van der Waals surface area contributed by atoms with Gasteiger partial charge in [-0.05, 0) is 31.0 Å². The molecule has 0 bridgehead atoms. The maximum Gasteiger partial charge on any atom is 0.336 e. The highest BCUT2D eigenvalue weighted by molar-refractivity contribution is 7.18. The van der Waals surface area contributed by atoms with E-state index >= 15 is 0 Å².